The van der Waals surface area contributed by atoms with Crippen LogP contribution in [0.4, 0.5) is 5.69 Å². The SMILES string of the molecule is Cc1cc(C)c(NC(=O)c2cccc(C(=O)NC3CC3)n2)c(C)c1. The molecule has 5 heteroatoms. The van der Waals surface area contributed by atoms with Crippen molar-refractivity contribution in [1.82, 2.24) is 10.3 Å². The molecular weight excluding hydrogens is 302 g/mol. The molecule has 0 spiro atoms. The fraction of sp³-hybridized carbons (Fsp3) is 0.316. The van der Waals surface area contributed by atoms with Crippen LogP contribution in [0.3, 0.4) is 0 Å². The molecule has 3 rings (SSSR count). The van der Waals surface area contributed by atoms with E-state index >= 15 is 0 Å². The van der Waals surface area contributed by atoms with Crippen molar-refractivity contribution in [1.29, 1.82) is 0 Å². The van der Waals surface area contributed by atoms with E-state index in [4.69, 9.17) is 0 Å². The summed E-state index contributed by atoms with van der Waals surface area (Å²) in [5.74, 6) is -0.541. The number of anilines is 1. The number of hydrogen-bond acceptors (Lipinski definition) is 3. The van der Waals surface area contributed by atoms with E-state index < -0.39 is 0 Å². The highest BCUT2D eigenvalue weighted by Crippen LogP contribution is 2.22. The maximum absolute atomic E-state index is 12.5. The molecule has 0 unspecified atom stereocenters. The molecule has 124 valence electrons. The molecule has 1 heterocycles. The number of nitrogens with one attached hydrogen (secondary N) is 2. The second kappa shape index (κ2) is 6.43. The van der Waals surface area contributed by atoms with E-state index in [9.17, 15) is 9.59 Å². The summed E-state index contributed by atoms with van der Waals surface area (Å²) in [7, 11) is 0. The monoisotopic (exact) mass is 323 g/mol. The molecule has 2 N–H and O–H groups in total. The maximum Gasteiger partial charge on any atom is 0.274 e. The van der Waals surface area contributed by atoms with Gasteiger partial charge in [0.2, 0.25) is 0 Å². The van der Waals surface area contributed by atoms with Gasteiger partial charge >= 0.3 is 0 Å². The van der Waals surface area contributed by atoms with Crippen LogP contribution in [0.2, 0.25) is 0 Å². The largest absolute Gasteiger partial charge is 0.348 e. The number of carbonyl (C=O) groups excluding carboxylic acids is 2. The Morgan fingerprint density at radius 3 is 2.17 bits per heavy atom. The average Bonchev–Trinajstić information content (AvgIpc) is 3.34. The summed E-state index contributed by atoms with van der Waals surface area (Å²) in [5.41, 5.74) is 4.46. The first-order chi connectivity index (χ1) is 11.4. The van der Waals surface area contributed by atoms with Crippen molar-refractivity contribution in [3.05, 3.63) is 58.4 Å². The summed E-state index contributed by atoms with van der Waals surface area (Å²) in [6, 6.07) is 9.22. The molecule has 1 aliphatic carbocycles. The van der Waals surface area contributed by atoms with Gasteiger partial charge in [-0.05, 0) is 56.9 Å². The third-order valence-corrected chi connectivity index (χ3v) is 4.04. The Hall–Kier alpha value is -2.69. The van der Waals surface area contributed by atoms with Crippen LogP contribution in [0.1, 0.15) is 50.5 Å². The smallest absolute Gasteiger partial charge is 0.274 e. The van der Waals surface area contributed by atoms with Crippen molar-refractivity contribution < 1.29 is 9.59 Å². The fourth-order valence-electron chi connectivity index (χ4n) is 2.73. The number of aryl methyl sites for hydroxylation is 3. The van der Waals surface area contributed by atoms with Gasteiger partial charge in [0, 0.05) is 11.7 Å². The van der Waals surface area contributed by atoms with E-state index in [1.165, 1.54) is 0 Å². The molecule has 2 aromatic rings. The summed E-state index contributed by atoms with van der Waals surface area (Å²) in [4.78, 5) is 28.8. The normalized spacial score (nSPS) is 13.5. The molecule has 0 bridgehead atoms. The predicted molar refractivity (Wildman–Crippen MR) is 93.3 cm³/mol. The number of nitrogens with zero attached hydrogens (tertiary/aromatic N) is 1. The zero-order chi connectivity index (χ0) is 17.3. The summed E-state index contributed by atoms with van der Waals surface area (Å²) in [6.07, 6.45) is 2.02. The summed E-state index contributed by atoms with van der Waals surface area (Å²) in [6.45, 7) is 5.94. The van der Waals surface area contributed by atoms with Crippen LogP contribution in [0.5, 0.6) is 0 Å². The molecule has 0 radical (unpaired) electrons. The zero-order valence-corrected chi connectivity index (χ0v) is 14.1. The van der Waals surface area contributed by atoms with Crippen LogP contribution in [0.25, 0.3) is 0 Å². The second-order valence-electron chi connectivity index (χ2n) is 6.38. The number of pyridine rings is 1. The van der Waals surface area contributed by atoms with E-state index in [1.807, 2.05) is 32.9 Å². The highest BCUT2D eigenvalue weighted by atomic mass is 16.2. The Morgan fingerprint density at radius 2 is 1.58 bits per heavy atom. The van der Waals surface area contributed by atoms with Crippen LogP contribution in [-0.2, 0) is 0 Å². The van der Waals surface area contributed by atoms with Gasteiger partial charge in [-0.25, -0.2) is 4.98 Å². The van der Waals surface area contributed by atoms with Gasteiger partial charge in [0.1, 0.15) is 11.4 Å². The number of rotatable bonds is 4. The van der Waals surface area contributed by atoms with Gasteiger partial charge in [-0.1, -0.05) is 23.8 Å². The first-order valence-corrected chi connectivity index (χ1v) is 8.11. The number of hydrogen-bond donors (Lipinski definition) is 2. The lowest BCUT2D eigenvalue weighted by atomic mass is 10.0. The molecule has 1 fully saturated rings. The Balaban J connectivity index is 1.79. The number of amides is 2. The number of carbonyl (C=O) groups is 2. The minimum Gasteiger partial charge on any atom is -0.348 e. The van der Waals surface area contributed by atoms with Gasteiger partial charge in [0.15, 0.2) is 0 Å². The van der Waals surface area contributed by atoms with Crippen molar-refractivity contribution >= 4 is 17.5 Å². The standard InChI is InChI=1S/C19H21N3O2/c1-11-9-12(2)17(13(3)10-11)22-19(24)16-6-4-5-15(21-16)18(23)20-14-7-8-14/h4-6,9-10,14H,7-8H2,1-3H3,(H,20,23)(H,22,24). The summed E-state index contributed by atoms with van der Waals surface area (Å²) in [5, 5.41) is 5.79. The quantitative estimate of drug-likeness (QED) is 0.908. The van der Waals surface area contributed by atoms with Crippen molar-refractivity contribution in [2.24, 2.45) is 0 Å². The first kappa shape index (κ1) is 16.2. The van der Waals surface area contributed by atoms with Gasteiger partial charge in [-0.2, -0.15) is 0 Å². The fourth-order valence-corrected chi connectivity index (χ4v) is 2.73. The lowest BCUT2D eigenvalue weighted by Gasteiger charge is -2.13. The van der Waals surface area contributed by atoms with Crippen LogP contribution < -0.4 is 10.6 Å². The van der Waals surface area contributed by atoms with Gasteiger partial charge in [0.25, 0.3) is 11.8 Å². The second-order valence-corrected chi connectivity index (χ2v) is 6.38. The van der Waals surface area contributed by atoms with Crippen molar-refractivity contribution in [3.63, 3.8) is 0 Å². The molecule has 24 heavy (non-hydrogen) atoms. The number of benzene rings is 1. The van der Waals surface area contributed by atoms with Gasteiger partial charge in [0.05, 0.1) is 0 Å². The molecule has 1 aliphatic rings. The van der Waals surface area contributed by atoms with Crippen molar-refractivity contribution in [3.8, 4) is 0 Å². The van der Waals surface area contributed by atoms with E-state index in [-0.39, 0.29) is 29.2 Å². The lowest BCUT2D eigenvalue weighted by molar-refractivity contribution is 0.0946. The molecule has 5 nitrogen and oxygen atoms in total. The Morgan fingerprint density at radius 1 is 1.00 bits per heavy atom. The van der Waals surface area contributed by atoms with E-state index in [1.54, 1.807) is 18.2 Å². The topological polar surface area (TPSA) is 71.1 Å². The van der Waals surface area contributed by atoms with Crippen LogP contribution >= 0.6 is 0 Å². The third-order valence-electron chi connectivity index (χ3n) is 4.04. The molecule has 0 atom stereocenters. The number of aromatic nitrogens is 1. The molecule has 1 aromatic carbocycles. The Kier molecular flexibility index (Phi) is 4.34. The zero-order valence-electron chi connectivity index (χ0n) is 14.1. The Labute approximate surface area is 141 Å². The molecule has 0 saturated heterocycles. The molecule has 2 amide bonds. The molecule has 1 aromatic heterocycles. The minimum atomic E-state index is -0.314. The maximum atomic E-state index is 12.5. The third kappa shape index (κ3) is 3.62. The predicted octanol–water partition coefficient (Wildman–Crippen LogP) is 3.15. The molecule has 1 saturated carbocycles. The highest BCUT2D eigenvalue weighted by molar-refractivity contribution is 6.04. The lowest BCUT2D eigenvalue weighted by Crippen LogP contribution is -2.27. The van der Waals surface area contributed by atoms with E-state index in [0.717, 1.165) is 35.2 Å². The van der Waals surface area contributed by atoms with Crippen molar-refractivity contribution in [2.75, 3.05) is 5.32 Å². The van der Waals surface area contributed by atoms with E-state index in [0.29, 0.717) is 0 Å². The van der Waals surface area contributed by atoms with Crippen LogP contribution in [-0.4, -0.2) is 22.8 Å². The average molecular weight is 323 g/mol. The summed E-state index contributed by atoms with van der Waals surface area (Å²) < 4.78 is 0. The van der Waals surface area contributed by atoms with Crippen LogP contribution in [0.15, 0.2) is 30.3 Å². The molecule has 0 aliphatic heterocycles. The Bertz CT molecular complexity index is 787. The van der Waals surface area contributed by atoms with E-state index in [2.05, 4.69) is 15.6 Å². The summed E-state index contributed by atoms with van der Waals surface area (Å²) >= 11 is 0. The van der Waals surface area contributed by atoms with Crippen LogP contribution in [0, 0.1) is 20.8 Å². The first-order valence-electron chi connectivity index (χ1n) is 8.11. The molecular formula is C19H21N3O2. The van der Waals surface area contributed by atoms with Crippen molar-refractivity contribution in [2.45, 2.75) is 39.7 Å². The highest BCUT2D eigenvalue weighted by Gasteiger charge is 2.24. The van der Waals surface area contributed by atoms with Gasteiger partial charge < -0.3 is 10.6 Å². The van der Waals surface area contributed by atoms with Gasteiger partial charge in [-0.15, -0.1) is 0 Å². The van der Waals surface area contributed by atoms with Gasteiger partial charge in [-0.3, -0.25) is 9.59 Å². The minimum absolute atomic E-state index is 0.227.